The first-order chi connectivity index (χ1) is 16.1. The van der Waals surface area contributed by atoms with Gasteiger partial charge in [-0.25, -0.2) is 0 Å². The van der Waals surface area contributed by atoms with Crippen LogP contribution in [-0.2, 0) is 19.6 Å². The van der Waals surface area contributed by atoms with Crippen LogP contribution in [0, 0.1) is 11.3 Å². The second kappa shape index (κ2) is 11.5. The summed E-state index contributed by atoms with van der Waals surface area (Å²) in [6.07, 6.45) is 9.03. The van der Waals surface area contributed by atoms with E-state index in [1.54, 1.807) is 11.8 Å². The van der Waals surface area contributed by atoms with Gasteiger partial charge in [-0.15, -0.1) is 11.8 Å². The molecule has 0 aliphatic carbocycles. The fourth-order valence-corrected chi connectivity index (χ4v) is 5.74. The summed E-state index contributed by atoms with van der Waals surface area (Å²) in [6.45, 7) is 5.80. The molecule has 0 spiro atoms. The Morgan fingerprint density at radius 3 is 2.64 bits per heavy atom. The second-order valence-corrected chi connectivity index (χ2v) is 10.4. The van der Waals surface area contributed by atoms with Crippen LogP contribution in [0.5, 0.6) is 5.75 Å². The summed E-state index contributed by atoms with van der Waals surface area (Å²) < 4.78 is 8.70. The van der Waals surface area contributed by atoms with Crippen LogP contribution in [0.1, 0.15) is 35.1 Å². The van der Waals surface area contributed by atoms with Crippen LogP contribution in [0.3, 0.4) is 0 Å². The Hall–Kier alpha value is -1.93. The number of ether oxygens (including phenoxy) is 1. The van der Waals surface area contributed by atoms with Gasteiger partial charge in [0, 0.05) is 37.6 Å². The number of benzene rings is 2. The van der Waals surface area contributed by atoms with E-state index in [1.807, 2.05) is 18.0 Å². The van der Waals surface area contributed by atoms with Gasteiger partial charge < -0.3 is 15.3 Å². The standard InChI is InChI=1S/C26H33N3O2S2/c1-32-26-13-20(3-6-25(26)31-18-19-7-10-29(33-2)11-8-19)15-28-16-22-5-4-21(14-23(22)17-28)24(27)9-12-30/h3-6,9,12-14,19,27,30H,7-8,10-11,15-18H2,1-2H3/b12-9-,27-24?. The smallest absolute Gasteiger partial charge is 0.132 e. The molecule has 2 aromatic rings. The summed E-state index contributed by atoms with van der Waals surface area (Å²) >= 11 is 3.60. The first kappa shape index (κ1) is 24.2. The van der Waals surface area contributed by atoms with Crippen molar-refractivity contribution in [2.45, 2.75) is 37.4 Å². The van der Waals surface area contributed by atoms with Crippen LogP contribution < -0.4 is 4.74 Å². The van der Waals surface area contributed by atoms with E-state index in [9.17, 15) is 0 Å². The number of piperidine rings is 1. The molecule has 0 amide bonds. The molecular formula is C26H33N3O2S2. The van der Waals surface area contributed by atoms with Gasteiger partial charge in [0.1, 0.15) is 5.75 Å². The Morgan fingerprint density at radius 1 is 1.12 bits per heavy atom. The van der Waals surface area contributed by atoms with Gasteiger partial charge in [0.2, 0.25) is 0 Å². The Labute approximate surface area is 205 Å². The minimum atomic E-state index is 0.328. The lowest BCUT2D eigenvalue weighted by Crippen LogP contribution is -2.30. The molecule has 2 heterocycles. The molecular weight excluding hydrogens is 450 g/mol. The van der Waals surface area contributed by atoms with Gasteiger partial charge in [0.15, 0.2) is 0 Å². The van der Waals surface area contributed by atoms with Crippen molar-refractivity contribution in [1.29, 1.82) is 5.41 Å². The van der Waals surface area contributed by atoms with E-state index in [0.717, 1.165) is 56.9 Å². The highest BCUT2D eigenvalue weighted by Crippen LogP contribution is 2.32. The molecule has 0 bridgehead atoms. The zero-order valence-electron chi connectivity index (χ0n) is 19.4. The van der Waals surface area contributed by atoms with E-state index in [1.165, 1.54) is 40.5 Å². The lowest BCUT2D eigenvalue weighted by molar-refractivity contribution is 0.188. The molecule has 1 fully saturated rings. The van der Waals surface area contributed by atoms with Crippen molar-refractivity contribution in [2.24, 2.45) is 5.92 Å². The molecule has 1 saturated heterocycles. The molecule has 0 saturated carbocycles. The molecule has 2 aliphatic heterocycles. The van der Waals surface area contributed by atoms with Gasteiger partial charge in [-0.05, 0) is 77.8 Å². The molecule has 33 heavy (non-hydrogen) atoms. The zero-order chi connectivity index (χ0) is 23.2. The maximum Gasteiger partial charge on any atom is 0.132 e. The van der Waals surface area contributed by atoms with Crippen molar-refractivity contribution in [3.05, 3.63) is 71.0 Å². The Kier molecular flexibility index (Phi) is 8.41. The summed E-state index contributed by atoms with van der Waals surface area (Å²) in [5, 5.41) is 17.0. The van der Waals surface area contributed by atoms with E-state index < -0.39 is 0 Å². The predicted molar refractivity (Wildman–Crippen MR) is 140 cm³/mol. The summed E-state index contributed by atoms with van der Waals surface area (Å²) in [7, 11) is 0. The molecule has 5 nitrogen and oxygen atoms in total. The lowest BCUT2D eigenvalue weighted by atomic mass is 9.99. The molecule has 2 aliphatic rings. The number of hydrogen-bond donors (Lipinski definition) is 2. The van der Waals surface area contributed by atoms with Crippen molar-refractivity contribution in [3.63, 3.8) is 0 Å². The highest BCUT2D eigenvalue weighted by molar-refractivity contribution is 7.98. The molecule has 0 radical (unpaired) electrons. The van der Waals surface area contributed by atoms with E-state index >= 15 is 0 Å². The number of aliphatic hydroxyl groups is 1. The van der Waals surface area contributed by atoms with Crippen LogP contribution in [0.4, 0.5) is 0 Å². The Balaban J connectivity index is 1.34. The number of hydrogen-bond acceptors (Lipinski definition) is 7. The summed E-state index contributed by atoms with van der Waals surface area (Å²) in [6, 6.07) is 12.8. The Bertz CT molecular complexity index is 1000. The summed E-state index contributed by atoms with van der Waals surface area (Å²) in [4.78, 5) is 3.64. The van der Waals surface area contributed by atoms with Crippen LogP contribution in [0.2, 0.25) is 0 Å². The van der Waals surface area contributed by atoms with Gasteiger partial charge in [0.25, 0.3) is 0 Å². The highest BCUT2D eigenvalue weighted by Gasteiger charge is 2.21. The van der Waals surface area contributed by atoms with Crippen molar-refractivity contribution >= 4 is 29.4 Å². The van der Waals surface area contributed by atoms with Crippen molar-refractivity contribution in [2.75, 3.05) is 32.2 Å². The van der Waals surface area contributed by atoms with E-state index in [4.69, 9.17) is 15.3 Å². The van der Waals surface area contributed by atoms with Gasteiger partial charge in [-0.1, -0.05) is 30.1 Å². The molecule has 2 N–H and O–H groups in total. The first-order valence-corrected chi connectivity index (χ1v) is 13.8. The lowest BCUT2D eigenvalue weighted by Gasteiger charge is -2.30. The fraction of sp³-hybridized carbons (Fsp3) is 0.423. The minimum Gasteiger partial charge on any atom is -0.516 e. The third-order valence-corrected chi connectivity index (χ3v) is 8.13. The number of aliphatic hydroxyl groups excluding tert-OH is 1. The molecule has 176 valence electrons. The largest absolute Gasteiger partial charge is 0.516 e. The molecule has 2 aromatic carbocycles. The van der Waals surface area contributed by atoms with E-state index in [0.29, 0.717) is 11.6 Å². The number of nitrogens with one attached hydrogen (secondary N) is 1. The molecule has 0 unspecified atom stereocenters. The third-order valence-electron chi connectivity index (χ3n) is 6.49. The van der Waals surface area contributed by atoms with Crippen LogP contribution >= 0.6 is 23.7 Å². The summed E-state index contributed by atoms with van der Waals surface area (Å²) in [5.41, 5.74) is 5.04. The first-order valence-electron chi connectivity index (χ1n) is 11.4. The van der Waals surface area contributed by atoms with Crippen molar-refractivity contribution < 1.29 is 9.84 Å². The van der Waals surface area contributed by atoms with Crippen molar-refractivity contribution in [1.82, 2.24) is 9.21 Å². The number of thioether (sulfide) groups is 1. The predicted octanol–water partition coefficient (Wildman–Crippen LogP) is 5.73. The Morgan fingerprint density at radius 2 is 1.91 bits per heavy atom. The van der Waals surface area contributed by atoms with Crippen LogP contribution in [-0.4, -0.2) is 52.2 Å². The highest BCUT2D eigenvalue weighted by atomic mass is 32.2. The van der Waals surface area contributed by atoms with Gasteiger partial charge >= 0.3 is 0 Å². The quantitative estimate of drug-likeness (QED) is 0.205. The number of fused-ring (bicyclic) bond motifs is 1. The number of allylic oxidation sites excluding steroid dienone is 1. The monoisotopic (exact) mass is 483 g/mol. The average molecular weight is 484 g/mol. The summed E-state index contributed by atoms with van der Waals surface area (Å²) in [5.74, 6) is 1.65. The second-order valence-electron chi connectivity index (χ2n) is 8.71. The zero-order valence-corrected chi connectivity index (χ0v) is 21.1. The van der Waals surface area contributed by atoms with Crippen LogP contribution in [0.15, 0.2) is 53.6 Å². The third kappa shape index (κ3) is 6.15. The maximum absolute atomic E-state index is 8.94. The minimum absolute atomic E-state index is 0.328. The van der Waals surface area contributed by atoms with Crippen molar-refractivity contribution in [3.8, 4) is 5.75 Å². The van der Waals surface area contributed by atoms with Crippen LogP contribution in [0.25, 0.3) is 0 Å². The fourth-order valence-electron chi connectivity index (χ4n) is 4.57. The number of nitrogens with zero attached hydrogens (tertiary/aromatic N) is 2. The van der Waals surface area contributed by atoms with Gasteiger partial charge in [-0.2, -0.15) is 0 Å². The SMILES string of the molecule is CSc1cc(CN2Cc3ccc(C(=N)/C=C\O)cc3C2)ccc1OCC1CCN(SC)CC1. The molecule has 0 atom stereocenters. The molecule has 7 heteroatoms. The molecule has 4 rings (SSSR count). The van der Waals surface area contributed by atoms with E-state index in [2.05, 4.69) is 52.0 Å². The maximum atomic E-state index is 8.94. The van der Waals surface area contributed by atoms with E-state index in [-0.39, 0.29) is 0 Å². The number of rotatable bonds is 9. The topological polar surface area (TPSA) is 59.8 Å². The molecule has 0 aromatic heterocycles. The normalized spacial score (nSPS) is 17.5. The van der Waals surface area contributed by atoms with Gasteiger partial charge in [0.05, 0.1) is 18.6 Å². The van der Waals surface area contributed by atoms with Gasteiger partial charge in [-0.3, -0.25) is 9.21 Å². The average Bonchev–Trinajstić information content (AvgIpc) is 3.25.